The van der Waals surface area contributed by atoms with E-state index < -0.39 is 11.1 Å². The van der Waals surface area contributed by atoms with Gasteiger partial charge in [-0.3, -0.25) is 4.79 Å². The Bertz CT molecular complexity index is 132. The van der Waals surface area contributed by atoms with E-state index in [1.807, 2.05) is 0 Å². The Kier molecular flexibility index (Phi) is 4.22. The van der Waals surface area contributed by atoms with Crippen molar-refractivity contribution < 1.29 is 13.6 Å². The molecule has 0 bridgehead atoms. The van der Waals surface area contributed by atoms with Crippen LogP contribution >= 0.6 is 0 Å². The molecule has 2 unspecified atom stereocenters. The highest BCUT2D eigenvalue weighted by Crippen LogP contribution is 1.84. The number of carbonyl (C=O) groups excluding carboxylic acids is 1. The number of nitrogens with one attached hydrogen (secondary N) is 1. The van der Waals surface area contributed by atoms with Crippen LogP contribution in [-0.2, 0) is 15.9 Å². The molecule has 0 aliphatic heterocycles. The number of rotatable bonds is 3. The summed E-state index contributed by atoms with van der Waals surface area (Å²) in [6, 6.07) is -0.233. The number of carbonyl (C=O) groups is 1. The quantitative estimate of drug-likeness (QED) is 0.566. The molecule has 0 aromatic rings. The summed E-state index contributed by atoms with van der Waals surface area (Å²) >= 11 is -1.83. The largest absolute Gasteiger partial charge is 0.353 e. The highest BCUT2D eigenvalue weighted by molar-refractivity contribution is 7.79. The van der Waals surface area contributed by atoms with Gasteiger partial charge in [-0.25, -0.2) is 4.21 Å². The first-order chi connectivity index (χ1) is 4.52. The Morgan fingerprint density at radius 3 is 2.60 bits per heavy atom. The molecule has 5 heteroatoms. The Balaban J connectivity index is 3.53. The molecule has 0 rings (SSSR count). The van der Waals surface area contributed by atoms with E-state index in [1.54, 1.807) is 6.92 Å². The first-order valence-corrected chi connectivity index (χ1v) is 4.14. The van der Waals surface area contributed by atoms with Gasteiger partial charge in [0.2, 0.25) is 5.91 Å². The molecule has 0 aliphatic carbocycles. The zero-order valence-electron chi connectivity index (χ0n) is 5.96. The van der Waals surface area contributed by atoms with Gasteiger partial charge in [-0.1, -0.05) is 0 Å². The smallest absolute Gasteiger partial charge is 0.217 e. The SMILES string of the molecule is CC(=O)NC(C)CS(=O)O. The van der Waals surface area contributed by atoms with Gasteiger partial charge in [0.05, 0.1) is 5.75 Å². The van der Waals surface area contributed by atoms with Crippen LogP contribution < -0.4 is 5.32 Å². The van der Waals surface area contributed by atoms with Crippen LogP contribution in [0.2, 0.25) is 0 Å². The lowest BCUT2D eigenvalue weighted by atomic mass is 10.4. The monoisotopic (exact) mass is 165 g/mol. The molecule has 10 heavy (non-hydrogen) atoms. The lowest BCUT2D eigenvalue weighted by Gasteiger charge is -2.08. The summed E-state index contributed by atoms with van der Waals surface area (Å²) in [6.45, 7) is 3.05. The minimum Gasteiger partial charge on any atom is -0.353 e. The van der Waals surface area contributed by atoms with Crippen LogP contribution in [0.15, 0.2) is 0 Å². The van der Waals surface area contributed by atoms with Crippen LogP contribution in [-0.4, -0.2) is 26.5 Å². The maximum atomic E-state index is 10.3. The van der Waals surface area contributed by atoms with Crippen LogP contribution in [0.3, 0.4) is 0 Å². The third-order valence-electron chi connectivity index (χ3n) is 0.842. The van der Waals surface area contributed by atoms with E-state index in [9.17, 15) is 9.00 Å². The van der Waals surface area contributed by atoms with Crippen molar-refractivity contribution in [1.82, 2.24) is 5.32 Å². The molecule has 0 saturated carbocycles. The lowest BCUT2D eigenvalue weighted by molar-refractivity contribution is -0.119. The van der Waals surface area contributed by atoms with Crippen molar-refractivity contribution in [3.05, 3.63) is 0 Å². The minimum absolute atomic E-state index is 0.0829. The molecule has 0 saturated heterocycles. The molecule has 0 radical (unpaired) electrons. The van der Waals surface area contributed by atoms with Gasteiger partial charge < -0.3 is 9.87 Å². The van der Waals surface area contributed by atoms with E-state index in [2.05, 4.69) is 5.32 Å². The van der Waals surface area contributed by atoms with Crippen LogP contribution in [0.25, 0.3) is 0 Å². The van der Waals surface area contributed by atoms with Crippen LogP contribution in [0.5, 0.6) is 0 Å². The maximum absolute atomic E-state index is 10.3. The second-order valence-corrected chi connectivity index (χ2v) is 3.07. The molecule has 4 nitrogen and oxygen atoms in total. The topological polar surface area (TPSA) is 66.4 Å². The fourth-order valence-corrected chi connectivity index (χ4v) is 1.11. The van der Waals surface area contributed by atoms with Gasteiger partial charge in [-0.05, 0) is 6.92 Å². The van der Waals surface area contributed by atoms with Crippen LogP contribution in [0.4, 0.5) is 0 Å². The van der Waals surface area contributed by atoms with Crippen LogP contribution in [0, 0.1) is 0 Å². The number of hydrogen-bond donors (Lipinski definition) is 2. The van der Waals surface area contributed by atoms with Gasteiger partial charge in [0, 0.05) is 13.0 Å². The highest BCUT2D eigenvalue weighted by Gasteiger charge is 2.05. The summed E-state index contributed by atoms with van der Waals surface area (Å²) in [5, 5.41) is 2.48. The third-order valence-corrected chi connectivity index (χ3v) is 1.63. The normalized spacial score (nSPS) is 15.9. The summed E-state index contributed by atoms with van der Waals surface area (Å²) in [4.78, 5) is 10.3. The summed E-state index contributed by atoms with van der Waals surface area (Å²) in [5.41, 5.74) is 0. The summed E-state index contributed by atoms with van der Waals surface area (Å²) in [7, 11) is 0. The fraction of sp³-hybridized carbons (Fsp3) is 0.800. The van der Waals surface area contributed by atoms with Crippen molar-refractivity contribution >= 4 is 17.0 Å². The summed E-state index contributed by atoms with van der Waals surface area (Å²) < 4.78 is 18.5. The molecule has 2 N–H and O–H groups in total. The van der Waals surface area contributed by atoms with Gasteiger partial charge in [0.15, 0.2) is 11.1 Å². The predicted octanol–water partition coefficient (Wildman–Crippen LogP) is -0.267. The van der Waals surface area contributed by atoms with Gasteiger partial charge in [0.1, 0.15) is 0 Å². The van der Waals surface area contributed by atoms with E-state index in [1.165, 1.54) is 6.92 Å². The van der Waals surface area contributed by atoms with Crippen molar-refractivity contribution in [3.8, 4) is 0 Å². The molecule has 2 atom stereocenters. The molecule has 0 fully saturated rings. The highest BCUT2D eigenvalue weighted by atomic mass is 32.2. The maximum Gasteiger partial charge on any atom is 0.217 e. The van der Waals surface area contributed by atoms with Gasteiger partial charge >= 0.3 is 0 Å². The molecule has 0 aromatic carbocycles. The average molecular weight is 165 g/mol. The molecular weight excluding hydrogens is 154 g/mol. The molecule has 0 aliphatic rings. The van der Waals surface area contributed by atoms with Crippen molar-refractivity contribution in [2.24, 2.45) is 0 Å². The number of amides is 1. The van der Waals surface area contributed by atoms with Gasteiger partial charge in [0.25, 0.3) is 0 Å². The molecule has 0 spiro atoms. The van der Waals surface area contributed by atoms with Crippen molar-refractivity contribution in [1.29, 1.82) is 0 Å². The second-order valence-electron chi connectivity index (χ2n) is 2.09. The van der Waals surface area contributed by atoms with Gasteiger partial charge in [-0.2, -0.15) is 0 Å². The standard InChI is InChI=1S/C5H11NO3S/c1-4(3-10(8)9)6-5(2)7/h4H,3H2,1-2H3,(H,6,7)(H,8,9). The molecule has 0 heterocycles. The predicted molar refractivity (Wildman–Crippen MR) is 38.9 cm³/mol. The van der Waals surface area contributed by atoms with E-state index in [0.29, 0.717) is 0 Å². The van der Waals surface area contributed by atoms with Crippen LogP contribution in [0.1, 0.15) is 13.8 Å². The molecular formula is C5H11NO3S. The average Bonchev–Trinajstić information content (AvgIpc) is 1.58. The van der Waals surface area contributed by atoms with Crippen molar-refractivity contribution in [3.63, 3.8) is 0 Å². The van der Waals surface area contributed by atoms with E-state index in [0.717, 1.165) is 0 Å². The second kappa shape index (κ2) is 4.40. The molecule has 0 aromatic heterocycles. The fourth-order valence-electron chi connectivity index (χ4n) is 0.603. The molecule has 1 amide bonds. The Morgan fingerprint density at radius 1 is 1.80 bits per heavy atom. The first-order valence-electron chi connectivity index (χ1n) is 2.87. The zero-order valence-corrected chi connectivity index (χ0v) is 6.77. The zero-order chi connectivity index (χ0) is 8.15. The van der Waals surface area contributed by atoms with Gasteiger partial charge in [-0.15, -0.1) is 0 Å². The van der Waals surface area contributed by atoms with Crippen molar-refractivity contribution in [2.45, 2.75) is 19.9 Å². The summed E-state index contributed by atoms with van der Waals surface area (Å²) in [5.74, 6) is -0.0995. The number of hydrogen-bond acceptors (Lipinski definition) is 2. The van der Waals surface area contributed by atoms with Crippen molar-refractivity contribution in [2.75, 3.05) is 5.75 Å². The Morgan fingerprint density at radius 2 is 2.30 bits per heavy atom. The van der Waals surface area contributed by atoms with E-state index in [-0.39, 0.29) is 17.7 Å². The van der Waals surface area contributed by atoms with E-state index >= 15 is 0 Å². The first kappa shape index (κ1) is 9.58. The molecule has 60 valence electrons. The third kappa shape index (κ3) is 5.71. The van der Waals surface area contributed by atoms with E-state index in [4.69, 9.17) is 4.55 Å². The minimum atomic E-state index is -1.83. The Labute approximate surface area is 62.3 Å². The Hall–Kier alpha value is -0.420. The lowest BCUT2D eigenvalue weighted by Crippen LogP contribution is -2.34. The summed E-state index contributed by atoms with van der Waals surface area (Å²) in [6.07, 6.45) is 0.